The van der Waals surface area contributed by atoms with Crippen LogP contribution < -0.4 is 0 Å². The van der Waals surface area contributed by atoms with Crippen LogP contribution in [0.15, 0.2) is 0 Å². The smallest absolute Gasteiger partial charge is 0.331 e. The highest BCUT2D eigenvalue weighted by atomic mass is 32.2. The van der Waals surface area contributed by atoms with Gasteiger partial charge in [0.2, 0.25) is 5.91 Å². The lowest BCUT2D eigenvalue weighted by Crippen LogP contribution is -2.62. The number of aliphatic carboxylic acids is 1. The highest BCUT2D eigenvalue weighted by Crippen LogP contribution is 2.40. The molecular formula is C12H21NO5S. The van der Waals surface area contributed by atoms with E-state index in [0.29, 0.717) is 19.3 Å². The van der Waals surface area contributed by atoms with Crippen LogP contribution in [0.3, 0.4) is 0 Å². The summed E-state index contributed by atoms with van der Waals surface area (Å²) in [4.78, 5) is 24.7. The van der Waals surface area contributed by atoms with E-state index < -0.39 is 26.6 Å². The Morgan fingerprint density at radius 2 is 2.00 bits per heavy atom. The van der Waals surface area contributed by atoms with E-state index in [4.69, 9.17) is 0 Å². The molecule has 0 aliphatic heterocycles. The van der Waals surface area contributed by atoms with Gasteiger partial charge < -0.3 is 10.0 Å². The largest absolute Gasteiger partial charge is 0.479 e. The fourth-order valence-electron chi connectivity index (χ4n) is 3.06. The molecule has 7 heteroatoms. The Hall–Kier alpha value is -1.11. The standard InChI is InChI=1S/C12H21NO5S/c1-4-8-13(9(2)14)12(11(15)16)7-5-6-10(12)19(3,17)18/h10H,4-8H2,1-3H3,(H,15,16). The monoisotopic (exact) mass is 291 g/mol. The summed E-state index contributed by atoms with van der Waals surface area (Å²) in [5.74, 6) is -1.61. The van der Waals surface area contributed by atoms with E-state index in [1.54, 1.807) is 0 Å². The van der Waals surface area contributed by atoms with Crippen molar-refractivity contribution in [2.45, 2.75) is 50.3 Å². The zero-order chi connectivity index (χ0) is 14.8. The van der Waals surface area contributed by atoms with E-state index in [-0.39, 0.29) is 18.9 Å². The third-order valence-electron chi connectivity index (χ3n) is 3.75. The van der Waals surface area contributed by atoms with Crippen LogP contribution in [0.25, 0.3) is 0 Å². The van der Waals surface area contributed by atoms with Crippen LogP contribution in [-0.2, 0) is 19.4 Å². The topological polar surface area (TPSA) is 91.8 Å². The summed E-state index contributed by atoms with van der Waals surface area (Å²) in [6.45, 7) is 3.38. The van der Waals surface area contributed by atoms with Gasteiger partial charge in [-0.2, -0.15) is 0 Å². The van der Waals surface area contributed by atoms with Gasteiger partial charge in [-0.25, -0.2) is 13.2 Å². The Balaban J connectivity index is 3.37. The van der Waals surface area contributed by atoms with Crippen LogP contribution in [0, 0.1) is 0 Å². The summed E-state index contributed by atoms with van der Waals surface area (Å²) in [6, 6.07) is 0. The van der Waals surface area contributed by atoms with Crippen LogP contribution in [0.5, 0.6) is 0 Å². The van der Waals surface area contributed by atoms with Crippen molar-refractivity contribution in [2.75, 3.05) is 12.8 Å². The van der Waals surface area contributed by atoms with Crippen LogP contribution >= 0.6 is 0 Å². The summed E-state index contributed by atoms with van der Waals surface area (Å²) < 4.78 is 23.8. The lowest BCUT2D eigenvalue weighted by molar-refractivity contribution is -0.158. The SMILES string of the molecule is CCCN(C(C)=O)C1(C(=O)O)CCCC1S(C)(=O)=O. The molecule has 1 saturated carbocycles. The lowest BCUT2D eigenvalue weighted by Gasteiger charge is -2.40. The summed E-state index contributed by atoms with van der Waals surface area (Å²) in [5, 5.41) is 8.56. The van der Waals surface area contributed by atoms with Gasteiger partial charge in [0.1, 0.15) is 0 Å². The molecule has 0 heterocycles. The molecule has 2 atom stereocenters. The first-order valence-electron chi connectivity index (χ1n) is 6.38. The normalized spacial score (nSPS) is 27.2. The molecule has 0 aromatic carbocycles. The number of carbonyl (C=O) groups excluding carboxylic acids is 1. The predicted octanol–water partition coefficient (Wildman–Crippen LogP) is 0.665. The molecule has 110 valence electrons. The Labute approximate surface area is 113 Å². The fraction of sp³-hybridized carbons (Fsp3) is 0.833. The summed E-state index contributed by atoms with van der Waals surface area (Å²) in [7, 11) is -3.53. The van der Waals surface area contributed by atoms with Gasteiger partial charge in [0.15, 0.2) is 15.4 Å². The molecule has 1 amide bonds. The maximum Gasteiger partial charge on any atom is 0.331 e. The molecule has 1 N–H and O–H groups in total. The van der Waals surface area contributed by atoms with Crippen molar-refractivity contribution in [1.29, 1.82) is 0 Å². The minimum Gasteiger partial charge on any atom is -0.479 e. The third kappa shape index (κ3) is 2.75. The summed E-state index contributed by atoms with van der Waals surface area (Å²) in [6.07, 6.45) is 2.62. The Kier molecular flexibility index (Phi) is 4.60. The molecule has 19 heavy (non-hydrogen) atoms. The maximum absolute atomic E-state index is 11.9. The Morgan fingerprint density at radius 1 is 1.42 bits per heavy atom. The zero-order valence-electron chi connectivity index (χ0n) is 11.5. The number of nitrogens with zero attached hydrogens (tertiary/aromatic N) is 1. The first-order valence-corrected chi connectivity index (χ1v) is 8.33. The summed E-state index contributed by atoms with van der Waals surface area (Å²) in [5.41, 5.74) is -1.60. The molecule has 1 aliphatic carbocycles. The number of rotatable bonds is 5. The van der Waals surface area contributed by atoms with Crippen LogP contribution in [-0.4, -0.2) is 53.9 Å². The van der Waals surface area contributed by atoms with E-state index in [1.807, 2.05) is 6.92 Å². The van der Waals surface area contributed by atoms with E-state index in [2.05, 4.69) is 0 Å². The van der Waals surface area contributed by atoms with Crippen molar-refractivity contribution in [3.8, 4) is 0 Å². The number of sulfone groups is 1. The number of hydrogen-bond donors (Lipinski definition) is 1. The highest BCUT2D eigenvalue weighted by molar-refractivity contribution is 7.91. The zero-order valence-corrected chi connectivity index (χ0v) is 12.4. The number of carbonyl (C=O) groups is 2. The van der Waals surface area contributed by atoms with E-state index >= 15 is 0 Å². The van der Waals surface area contributed by atoms with Crippen molar-refractivity contribution in [3.63, 3.8) is 0 Å². The molecule has 0 aromatic heterocycles. The van der Waals surface area contributed by atoms with Crippen molar-refractivity contribution in [3.05, 3.63) is 0 Å². The second-order valence-corrected chi connectivity index (χ2v) is 7.34. The first kappa shape index (κ1) is 15.9. The Bertz CT molecular complexity index is 473. The van der Waals surface area contributed by atoms with E-state index in [0.717, 1.165) is 6.26 Å². The quantitative estimate of drug-likeness (QED) is 0.803. The Morgan fingerprint density at radius 3 is 2.37 bits per heavy atom. The number of carboxylic acids is 1. The van der Waals surface area contributed by atoms with Gasteiger partial charge in [-0.15, -0.1) is 0 Å². The average molecular weight is 291 g/mol. The van der Waals surface area contributed by atoms with Gasteiger partial charge in [-0.1, -0.05) is 6.92 Å². The second-order valence-electron chi connectivity index (χ2n) is 5.11. The van der Waals surface area contributed by atoms with Crippen LogP contribution in [0.1, 0.15) is 39.5 Å². The average Bonchev–Trinajstić information content (AvgIpc) is 2.70. The van der Waals surface area contributed by atoms with Gasteiger partial charge in [-0.05, 0) is 25.7 Å². The molecule has 1 aliphatic rings. The molecule has 0 bridgehead atoms. The van der Waals surface area contributed by atoms with Crippen molar-refractivity contribution in [1.82, 2.24) is 4.90 Å². The number of amides is 1. The molecule has 6 nitrogen and oxygen atoms in total. The minimum absolute atomic E-state index is 0.194. The molecule has 2 unspecified atom stereocenters. The molecule has 0 aromatic rings. The highest BCUT2D eigenvalue weighted by Gasteiger charge is 2.58. The predicted molar refractivity (Wildman–Crippen MR) is 70.5 cm³/mol. The van der Waals surface area contributed by atoms with Gasteiger partial charge in [-0.3, -0.25) is 4.79 Å². The minimum atomic E-state index is -3.53. The molecule has 0 spiro atoms. The fourth-order valence-corrected chi connectivity index (χ4v) is 4.70. The first-order chi connectivity index (χ1) is 8.67. The molecule has 1 rings (SSSR count). The molecular weight excluding hydrogens is 270 g/mol. The number of hydrogen-bond acceptors (Lipinski definition) is 4. The number of carboxylic acid groups (broad SMARTS) is 1. The maximum atomic E-state index is 11.9. The van der Waals surface area contributed by atoms with Gasteiger partial charge in [0.05, 0.1) is 5.25 Å². The van der Waals surface area contributed by atoms with E-state index in [1.165, 1.54) is 11.8 Å². The van der Waals surface area contributed by atoms with Crippen LogP contribution in [0.4, 0.5) is 0 Å². The third-order valence-corrected chi connectivity index (χ3v) is 5.41. The van der Waals surface area contributed by atoms with Crippen molar-refractivity contribution < 1.29 is 23.1 Å². The van der Waals surface area contributed by atoms with Gasteiger partial charge in [0, 0.05) is 19.7 Å². The molecule has 0 saturated heterocycles. The van der Waals surface area contributed by atoms with Gasteiger partial charge >= 0.3 is 5.97 Å². The summed E-state index contributed by atoms with van der Waals surface area (Å²) >= 11 is 0. The van der Waals surface area contributed by atoms with Crippen LogP contribution in [0.2, 0.25) is 0 Å². The van der Waals surface area contributed by atoms with E-state index in [9.17, 15) is 23.1 Å². The van der Waals surface area contributed by atoms with Gasteiger partial charge in [0.25, 0.3) is 0 Å². The lowest BCUT2D eigenvalue weighted by atomic mass is 9.94. The second kappa shape index (κ2) is 5.48. The van der Waals surface area contributed by atoms with Crippen molar-refractivity contribution >= 4 is 21.7 Å². The van der Waals surface area contributed by atoms with Crippen molar-refractivity contribution in [2.24, 2.45) is 0 Å². The molecule has 0 radical (unpaired) electrons. The molecule has 1 fully saturated rings.